The molecule has 5 nitrogen and oxygen atoms in total. The summed E-state index contributed by atoms with van der Waals surface area (Å²) >= 11 is 0. The molecule has 0 radical (unpaired) electrons. The first-order valence-corrected chi connectivity index (χ1v) is 6.40. The van der Waals surface area contributed by atoms with Crippen molar-refractivity contribution in [1.29, 1.82) is 0 Å². The molecule has 0 aliphatic carbocycles. The van der Waals surface area contributed by atoms with Gasteiger partial charge in [0.1, 0.15) is 0 Å². The average molecular weight is 313 g/mol. The molecule has 1 aromatic heterocycles. The second-order valence-corrected chi connectivity index (χ2v) is 4.51. The van der Waals surface area contributed by atoms with Crippen molar-refractivity contribution in [2.45, 2.75) is 19.6 Å². The van der Waals surface area contributed by atoms with E-state index in [-0.39, 0.29) is 22.5 Å². The van der Waals surface area contributed by atoms with E-state index >= 15 is 0 Å². The Balaban J connectivity index is 2.76. The lowest BCUT2D eigenvalue weighted by molar-refractivity contribution is -0.137. The minimum absolute atomic E-state index is 0.116. The standard InChI is InChI=1S/C14H14F3N3O2/c1-3-20-12(4-5-19-20)8-6-9(13(21)22-2)11(18)7-10(8)14(15,16)17/h4-7H,3,18H2,1-2H3. The lowest BCUT2D eigenvalue weighted by Crippen LogP contribution is -2.13. The van der Waals surface area contributed by atoms with Crippen LogP contribution >= 0.6 is 0 Å². The fraction of sp³-hybridized carbons (Fsp3) is 0.286. The van der Waals surface area contributed by atoms with E-state index in [1.165, 1.54) is 16.9 Å². The van der Waals surface area contributed by atoms with Crippen LogP contribution in [0.15, 0.2) is 24.4 Å². The maximum absolute atomic E-state index is 13.3. The molecule has 0 spiro atoms. The van der Waals surface area contributed by atoms with Crippen LogP contribution in [0.3, 0.4) is 0 Å². The van der Waals surface area contributed by atoms with Crippen LogP contribution < -0.4 is 5.73 Å². The number of nitrogens with zero attached hydrogens (tertiary/aromatic N) is 2. The number of anilines is 1. The maximum Gasteiger partial charge on any atom is 0.417 e. The number of benzene rings is 1. The van der Waals surface area contributed by atoms with E-state index in [0.29, 0.717) is 6.54 Å². The third-order valence-corrected chi connectivity index (χ3v) is 3.19. The molecule has 0 aliphatic heterocycles. The van der Waals surface area contributed by atoms with Gasteiger partial charge < -0.3 is 10.5 Å². The number of esters is 1. The minimum Gasteiger partial charge on any atom is -0.465 e. The molecule has 0 saturated heterocycles. The molecular formula is C14H14F3N3O2. The molecule has 0 atom stereocenters. The first kappa shape index (κ1) is 15.9. The number of hydrogen-bond donors (Lipinski definition) is 1. The summed E-state index contributed by atoms with van der Waals surface area (Å²) in [5, 5.41) is 3.95. The Bertz CT molecular complexity index is 708. The Morgan fingerprint density at radius 2 is 2.09 bits per heavy atom. The topological polar surface area (TPSA) is 70.1 Å². The second-order valence-electron chi connectivity index (χ2n) is 4.51. The number of aryl methyl sites for hydroxylation is 1. The van der Waals surface area contributed by atoms with Gasteiger partial charge in [0.2, 0.25) is 0 Å². The Morgan fingerprint density at radius 3 is 2.64 bits per heavy atom. The van der Waals surface area contributed by atoms with Gasteiger partial charge in [-0.15, -0.1) is 0 Å². The van der Waals surface area contributed by atoms with Crippen molar-refractivity contribution in [3.8, 4) is 11.3 Å². The molecule has 0 unspecified atom stereocenters. The van der Waals surface area contributed by atoms with Gasteiger partial charge in [0.15, 0.2) is 0 Å². The molecule has 0 bridgehead atoms. The van der Waals surface area contributed by atoms with Crippen LogP contribution in [0.4, 0.5) is 18.9 Å². The number of carbonyl (C=O) groups is 1. The summed E-state index contributed by atoms with van der Waals surface area (Å²) in [7, 11) is 1.13. The quantitative estimate of drug-likeness (QED) is 0.698. The van der Waals surface area contributed by atoms with Gasteiger partial charge in [-0.2, -0.15) is 18.3 Å². The molecule has 1 aromatic carbocycles. The van der Waals surface area contributed by atoms with Gasteiger partial charge in [-0.25, -0.2) is 4.79 Å². The van der Waals surface area contributed by atoms with Crippen LogP contribution in [0.1, 0.15) is 22.8 Å². The summed E-state index contributed by atoms with van der Waals surface area (Å²) in [4.78, 5) is 11.7. The van der Waals surface area contributed by atoms with Crippen molar-refractivity contribution in [3.63, 3.8) is 0 Å². The second kappa shape index (κ2) is 5.70. The molecule has 8 heteroatoms. The fourth-order valence-electron chi connectivity index (χ4n) is 2.16. The number of nitrogen functional groups attached to an aromatic ring is 1. The van der Waals surface area contributed by atoms with Crippen molar-refractivity contribution < 1.29 is 22.7 Å². The van der Waals surface area contributed by atoms with Crippen LogP contribution in [0, 0.1) is 0 Å². The Kier molecular flexibility index (Phi) is 4.11. The number of alkyl halides is 3. The van der Waals surface area contributed by atoms with Crippen molar-refractivity contribution in [1.82, 2.24) is 9.78 Å². The summed E-state index contributed by atoms with van der Waals surface area (Å²) in [5.41, 5.74) is 4.32. The molecule has 2 aromatic rings. The summed E-state index contributed by atoms with van der Waals surface area (Å²) in [6.07, 6.45) is -3.21. The zero-order chi connectivity index (χ0) is 16.5. The number of nitrogens with two attached hydrogens (primary N) is 1. The number of aromatic nitrogens is 2. The van der Waals surface area contributed by atoms with E-state index in [4.69, 9.17) is 5.73 Å². The molecular weight excluding hydrogens is 299 g/mol. The summed E-state index contributed by atoms with van der Waals surface area (Å²) in [5.74, 6) is -0.796. The van der Waals surface area contributed by atoms with Gasteiger partial charge in [-0.05, 0) is 25.1 Å². The third kappa shape index (κ3) is 2.76. The van der Waals surface area contributed by atoms with Crippen LogP contribution in [-0.2, 0) is 17.5 Å². The third-order valence-electron chi connectivity index (χ3n) is 3.19. The van der Waals surface area contributed by atoms with E-state index in [2.05, 4.69) is 9.84 Å². The highest BCUT2D eigenvalue weighted by Crippen LogP contribution is 2.39. The van der Waals surface area contributed by atoms with Crippen molar-refractivity contribution >= 4 is 11.7 Å². The lowest BCUT2D eigenvalue weighted by atomic mass is 9.99. The van der Waals surface area contributed by atoms with E-state index < -0.39 is 17.7 Å². The SMILES string of the molecule is CCn1nccc1-c1cc(C(=O)OC)c(N)cc1C(F)(F)F. The van der Waals surface area contributed by atoms with E-state index in [1.54, 1.807) is 6.92 Å². The molecule has 0 saturated carbocycles. The first-order chi connectivity index (χ1) is 10.3. The molecule has 0 amide bonds. The summed E-state index contributed by atoms with van der Waals surface area (Å²) in [6, 6.07) is 3.28. The predicted octanol–water partition coefficient (Wildman–Crippen LogP) is 2.96. The van der Waals surface area contributed by atoms with Crippen LogP contribution in [-0.4, -0.2) is 22.9 Å². The normalized spacial score (nSPS) is 11.5. The van der Waals surface area contributed by atoms with E-state index in [0.717, 1.165) is 19.2 Å². The predicted molar refractivity (Wildman–Crippen MR) is 74.1 cm³/mol. The van der Waals surface area contributed by atoms with Gasteiger partial charge in [0, 0.05) is 24.0 Å². The highest BCUT2D eigenvalue weighted by Gasteiger charge is 2.36. The molecule has 2 rings (SSSR count). The van der Waals surface area contributed by atoms with Gasteiger partial charge in [-0.3, -0.25) is 4.68 Å². The van der Waals surface area contributed by atoms with Gasteiger partial charge >= 0.3 is 12.1 Å². The number of carbonyl (C=O) groups excluding carboxylic acids is 1. The van der Waals surface area contributed by atoms with Gasteiger partial charge in [0.25, 0.3) is 0 Å². The molecule has 0 fully saturated rings. The number of ether oxygens (including phenoxy) is 1. The molecule has 118 valence electrons. The number of methoxy groups -OCH3 is 1. The summed E-state index contributed by atoms with van der Waals surface area (Å²) < 4.78 is 45.8. The fourth-order valence-corrected chi connectivity index (χ4v) is 2.16. The van der Waals surface area contributed by atoms with Gasteiger partial charge in [-0.1, -0.05) is 0 Å². The highest BCUT2D eigenvalue weighted by molar-refractivity contribution is 5.97. The van der Waals surface area contributed by atoms with Crippen molar-refractivity contribution in [3.05, 3.63) is 35.5 Å². The number of hydrogen-bond acceptors (Lipinski definition) is 4. The maximum atomic E-state index is 13.3. The van der Waals surface area contributed by atoms with Crippen molar-refractivity contribution in [2.75, 3.05) is 12.8 Å². The average Bonchev–Trinajstić information content (AvgIpc) is 2.93. The Labute approximate surface area is 124 Å². The largest absolute Gasteiger partial charge is 0.465 e. The molecule has 1 heterocycles. The van der Waals surface area contributed by atoms with Crippen LogP contribution in [0.5, 0.6) is 0 Å². The molecule has 0 aliphatic rings. The zero-order valence-corrected chi connectivity index (χ0v) is 11.9. The monoisotopic (exact) mass is 313 g/mol. The van der Waals surface area contributed by atoms with E-state index in [9.17, 15) is 18.0 Å². The van der Waals surface area contributed by atoms with Crippen LogP contribution in [0.2, 0.25) is 0 Å². The smallest absolute Gasteiger partial charge is 0.417 e. The Hall–Kier alpha value is -2.51. The highest BCUT2D eigenvalue weighted by atomic mass is 19.4. The lowest BCUT2D eigenvalue weighted by Gasteiger charge is -2.16. The minimum atomic E-state index is -4.61. The Morgan fingerprint density at radius 1 is 1.41 bits per heavy atom. The molecule has 22 heavy (non-hydrogen) atoms. The van der Waals surface area contributed by atoms with E-state index in [1.807, 2.05) is 0 Å². The first-order valence-electron chi connectivity index (χ1n) is 6.40. The number of halogens is 3. The van der Waals surface area contributed by atoms with Crippen LogP contribution in [0.25, 0.3) is 11.3 Å². The summed E-state index contributed by atoms with van der Waals surface area (Å²) in [6.45, 7) is 2.14. The van der Waals surface area contributed by atoms with Gasteiger partial charge in [0.05, 0.1) is 23.9 Å². The number of rotatable bonds is 3. The van der Waals surface area contributed by atoms with Crippen molar-refractivity contribution in [2.24, 2.45) is 0 Å². The molecule has 2 N–H and O–H groups in total. The zero-order valence-electron chi connectivity index (χ0n) is 11.9.